The first-order valence-corrected chi connectivity index (χ1v) is 10.3. The van der Waals surface area contributed by atoms with Gasteiger partial charge in [0.15, 0.2) is 11.6 Å². The normalized spacial score (nSPS) is 34.7. The van der Waals surface area contributed by atoms with Crippen LogP contribution in [0.2, 0.25) is 0 Å². The molecule has 3 aliphatic rings. The molecule has 7 nitrogen and oxygen atoms in total. The van der Waals surface area contributed by atoms with E-state index in [1.807, 2.05) is 26.8 Å². The molecule has 4 rings (SSSR count). The average molecular weight is 412 g/mol. The fraction of sp³-hybridized carbons (Fsp3) is 0.565. The summed E-state index contributed by atoms with van der Waals surface area (Å²) in [5.41, 5.74) is 1.54. The van der Waals surface area contributed by atoms with Gasteiger partial charge >= 0.3 is 11.9 Å². The molecular weight excluding hydrogens is 384 g/mol. The number of esters is 2. The molecule has 0 spiro atoms. The molecule has 0 radical (unpaired) electrons. The maximum Gasteiger partial charge on any atom is 0.336 e. The van der Waals surface area contributed by atoms with E-state index in [1.54, 1.807) is 0 Å². The molecule has 0 N–H and O–H groups in total. The van der Waals surface area contributed by atoms with E-state index in [-0.39, 0.29) is 23.7 Å². The van der Waals surface area contributed by atoms with Gasteiger partial charge in [0.25, 0.3) is 0 Å². The molecule has 1 saturated heterocycles. The molecule has 1 fully saturated rings. The van der Waals surface area contributed by atoms with E-state index in [0.717, 1.165) is 16.7 Å². The van der Waals surface area contributed by atoms with E-state index < -0.39 is 23.7 Å². The average Bonchev–Trinajstić information content (AvgIpc) is 3.28. The topological polar surface area (TPSA) is 90.5 Å². The fourth-order valence-corrected chi connectivity index (χ4v) is 5.16. The van der Waals surface area contributed by atoms with E-state index in [4.69, 9.17) is 13.9 Å². The van der Waals surface area contributed by atoms with Crippen LogP contribution >= 0.6 is 0 Å². The Morgan fingerprint density at radius 1 is 1.27 bits per heavy atom. The molecular formula is C23H28N2O5. The standard InChI is InChI=1S/C23H28N2O5/c1-11(2)15-7-8-23-16(10-24-25-23)21(30-22(23)27)18(12(3)4)17-9-13(5)19(29-17)20(15)28-14(6)26/h9,15-16,18,20-21H,1,3,7-8,10H2,2,4-6H3/t15-,16-,18-,20-,21+,23-/m0/s1. The second-order valence-corrected chi connectivity index (χ2v) is 8.87. The lowest BCUT2D eigenvalue weighted by Gasteiger charge is -2.29. The summed E-state index contributed by atoms with van der Waals surface area (Å²) in [6.45, 7) is 15.8. The predicted molar refractivity (Wildman–Crippen MR) is 109 cm³/mol. The zero-order valence-corrected chi connectivity index (χ0v) is 17.9. The van der Waals surface area contributed by atoms with Gasteiger partial charge in [0.1, 0.15) is 17.6 Å². The Kier molecular flexibility index (Phi) is 4.95. The molecule has 1 aromatic heterocycles. The van der Waals surface area contributed by atoms with Crippen molar-refractivity contribution in [2.45, 2.75) is 64.2 Å². The van der Waals surface area contributed by atoms with Crippen LogP contribution in [0.1, 0.15) is 62.7 Å². The molecule has 3 aliphatic heterocycles. The van der Waals surface area contributed by atoms with Gasteiger partial charge in [-0.2, -0.15) is 10.2 Å². The summed E-state index contributed by atoms with van der Waals surface area (Å²) in [5.74, 6) is -0.229. The number of hydrogen-bond acceptors (Lipinski definition) is 7. The van der Waals surface area contributed by atoms with Gasteiger partial charge in [-0.05, 0) is 45.2 Å². The molecule has 160 valence electrons. The van der Waals surface area contributed by atoms with E-state index in [0.29, 0.717) is 30.9 Å². The molecule has 0 amide bonds. The van der Waals surface area contributed by atoms with Crippen molar-refractivity contribution in [3.05, 3.63) is 47.5 Å². The number of nitrogens with zero attached hydrogens (tertiary/aromatic N) is 2. The second-order valence-electron chi connectivity index (χ2n) is 8.87. The van der Waals surface area contributed by atoms with Crippen LogP contribution < -0.4 is 0 Å². The first kappa shape index (κ1) is 20.6. The molecule has 0 saturated carbocycles. The van der Waals surface area contributed by atoms with Crippen LogP contribution in [-0.2, 0) is 19.1 Å². The Morgan fingerprint density at radius 3 is 2.63 bits per heavy atom. The third-order valence-electron chi connectivity index (χ3n) is 6.66. The Labute approximate surface area is 176 Å². The Balaban J connectivity index is 1.91. The molecule has 0 unspecified atom stereocenters. The number of ether oxygens (including phenoxy) is 2. The van der Waals surface area contributed by atoms with Gasteiger partial charge in [-0.3, -0.25) is 4.79 Å². The van der Waals surface area contributed by atoms with Gasteiger partial charge in [-0.15, -0.1) is 0 Å². The minimum Gasteiger partial charge on any atom is -0.461 e. The lowest BCUT2D eigenvalue weighted by molar-refractivity contribution is -0.151. The van der Waals surface area contributed by atoms with Crippen LogP contribution in [0.4, 0.5) is 0 Å². The van der Waals surface area contributed by atoms with Crippen molar-refractivity contribution in [1.82, 2.24) is 0 Å². The first-order chi connectivity index (χ1) is 14.2. The zero-order valence-electron chi connectivity index (χ0n) is 17.9. The summed E-state index contributed by atoms with van der Waals surface area (Å²) in [4.78, 5) is 25.0. The minimum atomic E-state index is -1.01. The summed E-state index contributed by atoms with van der Waals surface area (Å²) in [5, 5.41) is 8.64. The lowest BCUT2D eigenvalue weighted by atomic mass is 9.73. The molecule has 1 aromatic rings. The number of furan rings is 1. The highest BCUT2D eigenvalue weighted by Gasteiger charge is 2.62. The van der Waals surface area contributed by atoms with E-state index in [9.17, 15) is 9.59 Å². The van der Waals surface area contributed by atoms with Crippen molar-refractivity contribution in [1.29, 1.82) is 0 Å². The van der Waals surface area contributed by atoms with Gasteiger partial charge in [-0.25, -0.2) is 4.79 Å². The number of fused-ring (bicyclic) bond motifs is 2. The van der Waals surface area contributed by atoms with Crippen molar-refractivity contribution in [2.24, 2.45) is 22.1 Å². The molecule has 4 heterocycles. The third-order valence-corrected chi connectivity index (χ3v) is 6.66. The van der Waals surface area contributed by atoms with Crippen molar-refractivity contribution in [3.63, 3.8) is 0 Å². The van der Waals surface area contributed by atoms with Crippen LogP contribution in [-0.4, -0.2) is 30.1 Å². The van der Waals surface area contributed by atoms with Gasteiger partial charge < -0.3 is 13.9 Å². The summed E-state index contributed by atoms with van der Waals surface area (Å²) in [7, 11) is 0. The second kappa shape index (κ2) is 7.22. The summed E-state index contributed by atoms with van der Waals surface area (Å²) in [6.07, 6.45) is -0.0879. The smallest absolute Gasteiger partial charge is 0.336 e. The molecule has 0 aliphatic carbocycles. The van der Waals surface area contributed by atoms with Crippen molar-refractivity contribution >= 4 is 11.9 Å². The summed E-state index contributed by atoms with van der Waals surface area (Å²) in [6, 6.07) is 1.93. The summed E-state index contributed by atoms with van der Waals surface area (Å²) >= 11 is 0. The molecule has 30 heavy (non-hydrogen) atoms. The lowest BCUT2D eigenvalue weighted by Crippen LogP contribution is -2.40. The van der Waals surface area contributed by atoms with E-state index in [1.165, 1.54) is 6.92 Å². The van der Waals surface area contributed by atoms with Gasteiger partial charge in [0.2, 0.25) is 0 Å². The Morgan fingerprint density at radius 2 is 2.00 bits per heavy atom. The predicted octanol–water partition coefficient (Wildman–Crippen LogP) is 4.58. The SMILES string of the molecule is C=C(C)[C@@H]1CC[C@]23N=NC[C@H]2[C@@H](OC3=O)[C@@H](C(=C)C)c2cc(C)c(o2)[C@H]1OC(C)=O. The first-order valence-electron chi connectivity index (χ1n) is 10.3. The Bertz CT molecular complexity index is 961. The van der Waals surface area contributed by atoms with Crippen LogP contribution in [0.5, 0.6) is 0 Å². The van der Waals surface area contributed by atoms with Crippen LogP contribution in [0.25, 0.3) is 0 Å². The monoisotopic (exact) mass is 412 g/mol. The van der Waals surface area contributed by atoms with E-state index in [2.05, 4.69) is 23.4 Å². The van der Waals surface area contributed by atoms with Crippen molar-refractivity contribution in [3.8, 4) is 0 Å². The number of aryl methyl sites for hydroxylation is 1. The largest absolute Gasteiger partial charge is 0.461 e. The van der Waals surface area contributed by atoms with Crippen LogP contribution in [0.15, 0.2) is 45.0 Å². The van der Waals surface area contributed by atoms with Gasteiger partial charge in [-0.1, -0.05) is 24.3 Å². The number of rotatable bonds is 3. The highest BCUT2D eigenvalue weighted by atomic mass is 16.6. The molecule has 6 atom stereocenters. The number of carbonyl (C=O) groups is 2. The molecule has 0 aromatic carbocycles. The minimum absolute atomic E-state index is 0.184. The highest BCUT2D eigenvalue weighted by Crippen LogP contribution is 2.52. The van der Waals surface area contributed by atoms with Gasteiger partial charge in [0.05, 0.1) is 18.4 Å². The summed E-state index contributed by atoms with van der Waals surface area (Å²) < 4.78 is 18.0. The van der Waals surface area contributed by atoms with Crippen LogP contribution in [0, 0.1) is 18.8 Å². The number of hydrogen-bond donors (Lipinski definition) is 0. The molecule has 7 heteroatoms. The quantitative estimate of drug-likeness (QED) is 0.535. The highest BCUT2D eigenvalue weighted by molar-refractivity contribution is 5.84. The van der Waals surface area contributed by atoms with Gasteiger partial charge in [0, 0.05) is 12.8 Å². The van der Waals surface area contributed by atoms with Crippen molar-refractivity contribution < 1.29 is 23.5 Å². The van der Waals surface area contributed by atoms with E-state index >= 15 is 0 Å². The zero-order chi connectivity index (χ0) is 21.8. The third kappa shape index (κ3) is 3.02. The van der Waals surface area contributed by atoms with Crippen LogP contribution in [0.3, 0.4) is 0 Å². The number of azo groups is 1. The van der Waals surface area contributed by atoms with Crippen molar-refractivity contribution in [2.75, 3.05) is 6.54 Å². The maximum atomic E-state index is 13.1. The Hall–Kier alpha value is -2.70. The maximum absolute atomic E-state index is 13.1. The number of carbonyl (C=O) groups excluding carboxylic acids is 2. The molecule has 4 bridgehead atoms. The fourth-order valence-electron chi connectivity index (χ4n) is 5.16.